The maximum atomic E-state index is 13.6. The number of thiazole rings is 2. The van der Waals surface area contributed by atoms with Crippen LogP contribution in [0.15, 0.2) is 57.5 Å². The monoisotopic (exact) mass is 468 g/mol. The van der Waals surface area contributed by atoms with E-state index in [4.69, 9.17) is 4.42 Å². The smallest absolute Gasteiger partial charge is 0.251 e. The summed E-state index contributed by atoms with van der Waals surface area (Å²) in [6.45, 7) is 5.19. The molecule has 3 heterocycles. The van der Waals surface area contributed by atoms with Gasteiger partial charge in [0.15, 0.2) is 0 Å². The molecular formula is C23H24N4O3S2. The molecule has 0 bridgehead atoms. The van der Waals surface area contributed by atoms with Crippen LogP contribution in [0.1, 0.15) is 34.8 Å². The highest BCUT2D eigenvalue weighted by Gasteiger charge is 2.28. The first kappa shape index (κ1) is 22.2. The molecule has 4 aromatic rings. The first-order chi connectivity index (χ1) is 15.5. The number of nitrogens with one attached hydrogen (secondary N) is 1. The molecule has 0 fully saturated rings. The van der Waals surface area contributed by atoms with Gasteiger partial charge in [0.05, 0.1) is 29.5 Å². The molecule has 32 heavy (non-hydrogen) atoms. The van der Waals surface area contributed by atoms with Gasteiger partial charge in [-0.1, -0.05) is 13.8 Å². The van der Waals surface area contributed by atoms with Crippen molar-refractivity contribution in [2.45, 2.75) is 32.9 Å². The summed E-state index contributed by atoms with van der Waals surface area (Å²) in [6, 6.07) is 6.31. The summed E-state index contributed by atoms with van der Waals surface area (Å²) in [7, 11) is 0. The van der Waals surface area contributed by atoms with Crippen molar-refractivity contribution in [3.8, 4) is 0 Å². The van der Waals surface area contributed by atoms with Crippen LogP contribution in [0.3, 0.4) is 0 Å². The first-order valence-electron chi connectivity index (χ1n) is 10.3. The summed E-state index contributed by atoms with van der Waals surface area (Å²) in [5.74, 6) is -0.146. The summed E-state index contributed by atoms with van der Waals surface area (Å²) < 4.78 is 5.36. The van der Waals surface area contributed by atoms with Gasteiger partial charge in [0.1, 0.15) is 11.6 Å². The Labute approximate surface area is 194 Å². The molecule has 0 saturated carbocycles. The van der Waals surface area contributed by atoms with Gasteiger partial charge in [-0.2, -0.15) is 0 Å². The zero-order chi connectivity index (χ0) is 22.5. The highest BCUT2D eigenvalue weighted by atomic mass is 32.1. The summed E-state index contributed by atoms with van der Waals surface area (Å²) >= 11 is 2.98. The minimum Gasteiger partial charge on any atom is -0.464 e. The van der Waals surface area contributed by atoms with Crippen molar-refractivity contribution >= 4 is 45.5 Å². The first-order valence-corrected chi connectivity index (χ1v) is 12.1. The van der Waals surface area contributed by atoms with Crippen molar-refractivity contribution in [2.24, 2.45) is 5.92 Å². The van der Waals surface area contributed by atoms with Gasteiger partial charge in [-0.15, -0.1) is 22.7 Å². The van der Waals surface area contributed by atoms with Gasteiger partial charge in [0, 0.05) is 40.4 Å². The Kier molecular flexibility index (Phi) is 6.96. The quantitative estimate of drug-likeness (QED) is 0.394. The lowest BCUT2D eigenvalue weighted by atomic mass is 10.1. The molecule has 0 radical (unpaired) electrons. The minimum atomic E-state index is -0.726. The molecule has 1 N–H and O–H groups in total. The highest BCUT2D eigenvalue weighted by Crippen LogP contribution is 2.18. The van der Waals surface area contributed by atoms with Crippen molar-refractivity contribution in [1.29, 1.82) is 0 Å². The second-order valence-electron chi connectivity index (χ2n) is 7.96. The van der Waals surface area contributed by atoms with E-state index in [1.807, 2.05) is 11.4 Å². The van der Waals surface area contributed by atoms with E-state index >= 15 is 0 Å². The van der Waals surface area contributed by atoms with Gasteiger partial charge in [-0.25, -0.2) is 4.98 Å². The molecule has 0 aliphatic carbocycles. The van der Waals surface area contributed by atoms with Gasteiger partial charge < -0.3 is 14.6 Å². The van der Waals surface area contributed by atoms with E-state index in [0.717, 1.165) is 16.0 Å². The summed E-state index contributed by atoms with van der Waals surface area (Å²) in [5, 5.41) is 5.70. The number of fused-ring (bicyclic) bond motifs is 1. The van der Waals surface area contributed by atoms with E-state index in [0.29, 0.717) is 30.7 Å². The van der Waals surface area contributed by atoms with Crippen molar-refractivity contribution in [3.63, 3.8) is 0 Å². The summed E-state index contributed by atoms with van der Waals surface area (Å²) in [4.78, 5) is 38.0. The molecule has 9 heteroatoms. The third kappa shape index (κ3) is 5.41. The third-order valence-corrected chi connectivity index (χ3v) is 6.34. The fourth-order valence-corrected chi connectivity index (χ4v) is 4.68. The molecule has 0 unspecified atom stereocenters. The van der Waals surface area contributed by atoms with E-state index in [-0.39, 0.29) is 17.7 Å². The van der Waals surface area contributed by atoms with Crippen LogP contribution in [-0.4, -0.2) is 39.3 Å². The molecule has 0 aliphatic rings. The Morgan fingerprint density at radius 1 is 1.22 bits per heavy atom. The molecule has 2 amide bonds. The Morgan fingerprint density at radius 3 is 2.81 bits per heavy atom. The minimum absolute atomic E-state index is 0.127. The maximum absolute atomic E-state index is 13.6. The number of carbonyl (C=O) groups is 2. The number of hydrogen-bond acceptors (Lipinski definition) is 7. The van der Waals surface area contributed by atoms with Gasteiger partial charge in [0.2, 0.25) is 5.91 Å². The SMILES string of the molecule is CC(C)CN(Cc1cncs1)C(=O)[C@H](Cc1cscn1)NC(=O)c1ccc2occc2c1. The normalized spacial score (nSPS) is 12.2. The van der Waals surface area contributed by atoms with Crippen molar-refractivity contribution in [2.75, 3.05) is 6.54 Å². The molecule has 0 saturated heterocycles. The average molecular weight is 469 g/mol. The van der Waals surface area contributed by atoms with Crippen LogP contribution in [0, 0.1) is 5.92 Å². The fraction of sp³-hybridized carbons (Fsp3) is 0.304. The number of carbonyl (C=O) groups excluding carboxylic acids is 2. The molecular weight excluding hydrogens is 444 g/mol. The predicted molar refractivity (Wildman–Crippen MR) is 126 cm³/mol. The van der Waals surface area contributed by atoms with Crippen molar-refractivity contribution in [3.05, 3.63) is 69.3 Å². The molecule has 0 spiro atoms. The van der Waals surface area contributed by atoms with Gasteiger partial charge in [-0.3, -0.25) is 14.6 Å². The Morgan fingerprint density at radius 2 is 2.09 bits per heavy atom. The Balaban J connectivity index is 1.57. The van der Waals surface area contributed by atoms with Gasteiger partial charge >= 0.3 is 0 Å². The second-order valence-corrected chi connectivity index (χ2v) is 9.65. The van der Waals surface area contributed by atoms with Gasteiger partial charge in [-0.05, 0) is 30.2 Å². The zero-order valence-corrected chi connectivity index (χ0v) is 19.5. The van der Waals surface area contributed by atoms with E-state index in [2.05, 4.69) is 29.1 Å². The number of nitrogens with zero attached hydrogens (tertiary/aromatic N) is 3. The number of aromatic nitrogens is 2. The number of benzene rings is 1. The standard InChI is InChI=1S/C23H24N4O3S2/c1-15(2)10-27(11-19-9-24-13-32-19)23(29)20(8-18-12-31-14-25-18)26-22(28)17-3-4-21-16(7-17)5-6-30-21/h3-7,9,12-15,20H,8,10-11H2,1-2H3,(H,26,28)/t20-/m0/s1. The highest BCUT2D eigenvalue weighted by molar-refractivity contribution is 7.09. The number of amides is 2. The van der Waals surface area contributed by atoms with Crippen LogP contribution < -0.4 is 5.32 Å². The van der Waals surface area contributed by atoms with Crippen LogP contribution in [0.25, 0.3) is 11.0 Å². The molecule has 1 atom stereocenters. The Bertz CT molecular complexity index is 1170. The topological polar surface area (TPSA) is 88.3 Å². The lowest BCUT2D eigenvalue weighted by Crippen LogP contribution is -2.50. The number of furan rings is 1. The van der Waals surface area contributed by atoms with Crippen molar-refractivity contribution < 1.29 is 14.0 Å². The predicted octanol–water partition coefficient (Wildman–Crippen LogP) is 4.37. The maximum Gasteiger partial charge on any atom is 0.251 e. The molecule has 4 rings (SSSR count). The van der Waals surface area contributed by atoms with Crippen LogP contribution in [0.4, 0.5) is 0 Å². The van der Waals surface area contributed by atoms with Crippen LogP contribution in [0.2, 0.25) is 0 Å². The summed E-state index contributed by atoms with van der Waals surface area (Å²) in [6.07, 6.45) is 3.70. The van der Waals surface area contributed by atoms with Crippen LogP contribution in [0.5, 0.6) is 0 Å². The van der Waals surface area contributed by atoms with E-state index in [1.54, 1.807) is 46.6 Å². The number of rotatable bonds is 9. The van der Waals surface area contributed by atoms with Gasteiger partial charge in [0.25, 0.3) is 5.91 Å². The molecule has 0 aliphatic heterocycles. The number of hydrogen-bond donors (Lipinski definition) is 1. The van der Waals surface area contributed by atoms with Crippen LogP contribution in [-0.2, 0) is 17.8 Å². The Hall–Kier alpha value is -3.04. The van der Waals surface area contributed by atoms with Crippen LogP contribution >= 0.6 is 22.7 Å². The molecule has 166 valence electrons. The molecule has 3 aromatic heterocycles. The summed E-state index contributed by atoms with van der Waals surface area (Å²) in [5.41, 5.74) is 5.46. The molecule has 1 aromatic carbocycles. The van der Waals surface area contributed by atoms with Crippen molar-refractivity contribution in [1.82, 2.24) is 20.2 Å². The largest absolute Gasteiger partial charge is 0.464 e. The average Bonchev–Trinajstić information content (AvgIpc) is 3.54. The fourth-order valence-electron chi connectivity index (χ4n) is 3.50. The molecule has 7 nitrogen and oxygen atoms in total. The lowest BCUT2D eigenvalue weighted by molar-refractivity contribution is -0.134. The lowest BCUT2D eigenvalue weighted by Gasteiger charge is -2.29. The van der Waals surface area contributed by atoms with E-state index < -0.39 is 6.04 Å². The second kappa shape index (κ2) is 10.1. The third-order valence-electron chi connectivity index (χ3n) is 4.94. The zero-order valence-electron chi connectivity index (χ0n) is 17.9. The van der Waals surface area contributed by atoms with E-state index in [9.17, 15) is 9.59 Å². The van der Waals surface area contributed by atoms with E-state index in [1.165, 1.54) is 22.7 Å².